The lowest BCUT2D eigenvalue weighted by molar-refractivity contribution is 0.469. The summed E-state index contributed by atoms with van der Waals surface area (Å²) in [6.07, 6.45) is 0. The smallest absolute Gasteiger partial charge is 0.0268 e. The van der Waals surface area contributed by atoms with Crippen LogP contribution in [0.3, 0.4) is 0 Å². The summed E-state index contributed by atoms with van der Waals surface area (Å²) in [6, 6.07) is 0. The lowest BCUT2D eigenvalue weighted by Gasteiger charge is -2.05. The van der Waals surface area contributed by atoms with Gasteiger partial charge in [0.1, 0.15) is 0 Å². The molecular weight excluding hydrogens is 298 g/mol. The molecular formula is C16H49N3O2S. The highest BCUT2D eigenvalue weighted by atomic mass is 32.1. The van der Waals surface area contributed by atoms with Crippen LogP contribution in [0.2, 0.25) is 0 Å². The average Bonchev–Trinajstić information content (AvgIpc) is 2.28. The molecule has 0 aromatic rings. The molecule has 0 rings (SSSR count). The lowest BCUT2D eigenvalue weighted by Crippen LogP contribution is -2.25. The van der Waals surface area contributed by atoms with E-state index >= 15 is 0 Å². The van der Waals surface area contributed by atoms with Crippen LogP contribution in [0.15, 0.2) is 12.3 Å². The molecule has 0 spiro atoms. The highest BCUT2D eigenvalue weighted by Crippen LogP contribution is 2.08. The van der Waals surface area contributed by atoms with Gasteiger partial charge in [-0.2, -0.15) is 13.5 Å². The summed E-state index contributed by atoms with van der Waals surface area (Å²) < 4.78 is 0. The Morgan fingerprint density at radius 2 is 1.27 bits per heavy atom. The van der Waals surface area contributed by atoms with Crippen molar-refractivity contribution in [1.29, 1.82) is 0 Å². The molecule has 0 aliphatic heterocycles. The number of hydrogen-bond acceptors (Lipinski definition) is 3. The zero-order chi connectivity index (χ0) is 15.6. The molecule has 0 aromatic carbocycles. The van der Waals surface area contributed by atoms with E-state index in [0.717, 1.165) is 25.3 Å². The molecule has 0 radical (unpaired) electrons. The molecule has 0 atom stereocenters. The maximum Gasteiger partial charge on any atom is 0.0268 e. The van der Waals surface area contributed by atoms with Gasteiger partial charge in [-0.05, 0) is 25.9 Å². The molecule has 0 aromatic heterocycles. The van der Waals surface area contributed by atoms with Crippen molar-refractivity contribution in [3.05, 3.63) is 12.3 Å². The Labute approximate surface area is 148 Å². The Morgan fingerprint density at radius 3 is 1.45 bits per heavy atom. The standard InChI is InChI=1S/C7H16N2.C5H12.C2H6.CH5N.CH4.2H2O.H2S/c1-4-8-5-6-9-7(2)3;1-5(2,3)4;2*1-2;;;;/h8-9H,2,4-6H2,1,3H3;1-4H3;1-2H3;2H2,1H3;1H4;3*1H2. The average molecular weight is 348 g/mol. The first kappa shape index (κ1) is 49.5. The Bertz CT molecular complexity index is 147. The molecule has 8 N–H and O–H groups in total. The topological polar surface area (TPSA) is 113 Å². The molecule has 146 valence electrons. The van der Waals surface area contributed by atoms with Crippen molar-refractivity contribution in [2.75, 3.05) is 26.7 Å². The number of nitrogens with one attached hydrogen (secondary N) is 2. The SMILES string of the molecule is C.C=C(C)NCCNCC.CC.CC(C)(C)C.CN.O.O.S. The van der Waals surface area contributed by atoms with Gasteiger partial charge < -0.3 is 27.3 Å². The van der Waals surface area contributed by atoms with E-state index in [9.17, 15) is 0 Å². The fraction of sp³-hybridized carbons (Fsp3) is 0.875. The second-order valence-corrected chi connectivity index (χ2v) is 5.06. The van der Waals surface area contributed by atoms with Crippen molar-refractivity contribution in [3.63, 3.8) is 0 Å². The number of allylic oxidation sites excluding steroid dienone is 1. The Kier molecular flexibility index (Phi) is 96.4. The molecule has 5 nitrogen and oxygen atoms in total. The van der Waals surface area contributed by atoms with Gasteiger partial charge in [-0.3, -0.25) is 0 Å². The van der Waals surface area contributed by atoms with Crippen LogP contribution in [-0.4, -0.2) is 37.6 Å². The van der Waals surface area contributed by atoms with Gasteiger partial charge in [0.2, 0.25) is 0 Å². The molecule has 0 amide bonds. The van der Waals surface area contributed by atoms with Crippen LogP contribution in [0.1, 0.15) is 62.8 Å². The molecule has 0 saturated carbocycles. The third-order valence-electron chi connectivity index (χ3n) is 0.979. The van der Waals surface area contributed by atoms with E-state index < -0.39 is 0 Å². The van der Waals surface area contributed by atoms with E-state index in [-0.39, 0.29) is 31.9 Å². The minimum Gasteiger partial charge on any atom is -0.412 e. The van der Waals surface area contributed by atoms with Crippen LogP contribution in [-0.2, 0) is 0 Å². The highest BCUT2D eigenvalue weighted by Gasteiger charge is 1.95. The summed E-state index contributed by atoms with van der Waals surface area (Å²) in [7, 11) is 1.50. The van der Waals surface area contributed by atoms with E-state index in [2.05, 4.69) is 57.6 Å². The number of hydrogen-bond donors (Lipinski definition) is 3. The van der Waals surface area contributed by atoms with E-state index in [1.54, 1.807) is 0 Å². The Hall–Kier alpha value is -0.270. The van der Waals surface area contributed by atoms with E-state index in [0.29, 0.717) is 5.41 Å². The van der Waals surface area contributed by atoms with Crippen molar-refractivity contribution in [1.82, 2.24) is 10.6 Å². The fourth-order valence-electron chi connectivity index (χ4n) is 0.541. The van der Waals surface area contributed by atoms with Gasteiger partial charge in [0.25, 0.3) is 0 Å². The minimum atomic E-state index is 0. The second kappa shape index (κ2) is 42.8. The number of rotatable bonds is 5. The van der Waals surface area contributed by atoms with E-state index in [1.807, 2.05) is 20.8 Å². The van der Waals surface area contributed by atoms with Crippen molar-refractivity contribution >= 4 is 13.5 Å². The van der Waals surface area contributed by atoms with Crippen LogP contribution in [0.25, 0.3) is 0 Å². The fourth-order valence-corrected chi connectivity index (χ4v) is 0.541. The highest BCUT2D eigenvalue weighted by molar-refractivity contribution is 7.59. The lowest BCUT2D eigenvalue weighted by atomic mass is 10.0. The largest absolute Gasteiger partial charge is 0.412 e. The first-order valence-electron chi connectivity index (χ1n) is 6.95. The molecule has 0 unspecified atom stereocenters. The molecule has 0 aliphatic carbocycles. The van der Waals surface area contributed by atoms with Crippen LogP contribution >= 0.6 is 13.5 Å². The molecule has 0 saturated heterocycles. The van der Waals surface area contributed by atoms with Gasteiger partial charge >= 0.3 is 0 Å². The quantitative estimate of drug-likeness (QED) is 0.664. The predicted molar refractivity (Wildman–Crippen MR) is 112 cm³/mol. The minimum absolute atomic E-state index is 0. The van der Waals surface area contributed by atoms with Gasteiger partial charge in [0.15, 0.2) is 0 Å². The Balaban J connectivity index is -0.0000000222. The van der Waals surface area contributed by atoms with Crippen LogP contribution in [0, 0.1) is 5.41 Å². The van der Waals surface area contributed by atoms with Gasteiger partial charge in [0.05, 0.1) is 0 Å². The van der Waals surface area contributed by atoms with Crippen LogP contribution < -0.4 is 16.4 Å². The van der Waals surface area contributed by atoms with Gasteiger partial charge in [-0.15, -0.1) is 0 Å². The molecule has 0 fully saturated rings. The van der Waals surface area contributed by atoms with Gasteiger partial charge in [-0.1, -0.05) is 62.5 Å². The van der Waals surface area contributed by atoms with Gasteiger partial charge in [0, 0.05) is 18.8 Å². The van der Waals surface area contributed by atoms with E-state index in [1.165, 1.54) is 7.05 Å². The monoisotopic (exact) mass is 347 g/mol. The molecule has 22 heavy (non-hydrogen) atoms. The van der Waals surface area contributed by atoms with Crippen molar-refractivity contribution in [2.45, 2.75) is 62.8 Å². The second-order valence-electron chi connectivity index (χ2n) is 5.06. The van der Waals surface area contributed by atoms with Crippen molar-refractivity contribution < 1.29 is 11.0 Å². The first-order valence-corrected chi connectivity index (χ1v) is 6.95. The Morgan fingerprint density at radius 1 is 1.00 bits per heavy atom. The maximum atomic E-state index is 4.50. The molecule has 0 aliphatic rings. The number of nitrogens with two attached hydrogens (primary N) is 1. The summed E-state index contributed by atoms with van der Waals surface area (Å²) in [6.45, 7) is 23.6. The third kappa shape index (κ3) is 211. The van der Waals surface area contributed by atoms with Crippen LogP contribution in [0.4, 0.5) is 0 Å². The summed E-state index contributed by atoms with van der Waals surface area (Å²) in [5.74, 6) is 0. The zero-order valence-electron chi connectivity index (χ0n) is 15.9. The maximum absolute atomic E-state index is 4.50. The molecule has 0 bridgehead atoms. The third-order valence-corrected chi connectivity index (χ3v) is 0.979. The van der Waals surface area contributed by atoms with Crippen molar-refractivity contribution in [2.24, 2.45) is 11.1 Å². The predicted octanol–water partition coefficient (Wildman–Crippen LogP) is 2.47. The summed E-state index contributed by atoms with van der Waals surface area (Å²) in [5, 5.41) is 6.32. The van der Waals surface area contributed by atoms with Crippen LogP contribution in [0.5, 0.6) is 0 Å². The summed E-state index contributed by atoms with van der Waals surface area (Å²) in [4.78, 5) is 0. The zero-order valence-corrected chi connectivity index (χ0v) is 16.9. The van der Waals surface area contributed by atoms with E-state index in [4.69, 9.17) is 0 Å². The molecule has 6 heteroatoms. The first-order chi connectivity index (χ1) is 8.27. The normalized spacial score (nSPS) is 7.00. The summed E-state index contributed by atoms with van der Waals surface area (Å²) >= 11 is 0. The summed E-state index contributed by atoms with van der Waals surface area (Å²) in [5.41, 5.74) is 6.04. The molecule has 0 heterocycles. The number of likely N-dealkylation sites (N-methyl/N-ethyl adjacent to an activating group) is 1. The van der Waals surface area contributed by atoms with Gasteiger partial charge in [-0.25, -0.2) is 0 Å². The van der Waals surface area contributed by atoms with Crippen molar-refractivity contribution in [3.8, 4) is 0 Å².